The average molecular weight is 317 g/mol. The van der Waals surface area contributed by atoms with E-state index >= 15 is 0 Å². The van der Waals surface area contributed by atoms with E-state index in [2.05, 4.69) is 10.4 Å². The maximum absolute atomic E-state index is 12.4. The van der Waals surface area contributed by atoms with Crippen LogP contribution in [0.25, 0.3) is 0 Å². The molecule has 0 atom stereocenters. The lowest BCUT2D eigenvalue weighted by Crippen LogP contribution is -2.23. The fourth-order valence-corrected chi connectivity index (χ4v) is 2.29. The lowest BCUT2D eigenvalue weighted by molar-refractivity contribution is 0.0947. The first-order valence-corrected chi connectivity index (χ1v) is 7.58. The first-order chi connectivity index (χ1) is 11.2. The van der Waals surface area contributed by atoms with Crippen molar-refractivity contribution in [1.29, 1.82) is 0 Å². The molecule has 0 unspecified atom stereocenters. The fourth-order valence-electron chi connectivity index (χ4n) is 2.29. The van der Waals surface area contributed by atoms with Gasteiger partial charge in [-0.3, -0.25) is 9.48 Å². The van der Waals surface area contributed by atoms with E-state index in [4.69, 9.17) is 14.2 Å². The van der Waals surface area contributed by atoms with E-state index in [9.17, 15) is 4.79 Å². The summed E-state index contributed by atoms with van der Waals surface area (Å²) in [5.74, 6) is 1.57. The molecule has 3 rings (SSSR count). The Morgan fingerprint density at radius 2 is 2.17 bits per heavy atom. The summed E-state index contributed by atoms with van der Waals surface area (Å²) >= 11 is 0. The van der Waals surface area contributed by atoms with Crippen molar-refractivity contribution < 1.29 is 19.0 Å². The van der Waals surface area contributed by atoms with Crippen molar-refractivity contribution in [3.63, 3.8) is 0 Å². The summed E-state index contributed by atoms with van der Waals surface area (Å²) < 4.78 is 17.7. The van der Waals surface area contributed by atoms with Crippen LogP contribution < -0.4 is 19.5 Å². The van der Waals surface area contributed by atoms with Crippen molar-refractivity contribution in [2.24, 2.45) is 0 Å². The molecule has 0 fully saturated rings. The monoisotopic (exact) mass is 317 g/mol. The highest BCUT2D eigenvalue weighted by Gasteiger charge is 2.18. The van der Waals surface area contributed by atoms with Crippen LogP contribution in [0.15, 0.2) is 24.4 Å². The predicted molar refractivity (Wildman–Crippen MR) is 82.8 cm³/mol. The Hall–Kier alpha value is -2.70. The molecule has 0 saturated heterocycles. The van der Waals surface area contributed by atoms with Gasteiger partial charge in [0.15, 0.2) is 11.5 Å². The Labute approximate surface area is 134 Å². The highest BCUT2D eigenvalue weighted by molar-refractivity contribution is 5.96. The van der Waals surface area contributed by atoms with Crippen LogP contribution in [0.4, 0.5) is 0 Å². The second-order valence-corrected chi connectivity index (χ2v) is 5.01. The molecular formula is C16H19N3O4. The van der Waals surface area contributed by atoms with Gasteiger partial charge in [-0.15, -0.1) is 5.10 Å². The zero-order valence-electron chi connectivity index (χ0n) is 13.2. The SMILES string of the molecule is CCOc1nn(CC)cc1C(=O)NCc1ccc2c(c1)OCO2. The van der Waals surface area contributed by atoms with Gasteiger partial charge >= 0.3 is 0 Å². The Morgan fingerprint density at radius 1 is 1.35 bits per heavy atom. The Morgan fingerprint density at radius 3 is 2.96 bits per heavy atom. The molecule has 1 aliphatic heterocycles. The number of hydrogen-bond donors (Lipinski definition) is 1. The second-order valence-electron chi connectivity index (χ2n) is 5.01. The first-order valence-electron chi connectivity index (χ1n) is 7.58. The third-order valence-corrected chi connectivity index (χ3v) is 3.47. The number of nitrogens with one attached hydrogen (secondary N) is 1. The van der Waals surface area contributed by atoms with Gasteiger partial charge in [-0.1, -0.05) is 6.07 Å². The van der Waals surface area contributed by atoms with Crippen LogP contribution in [0.3, 0.4) is 0 Å². The molecule has 7 nitrogen and oxygen atoms in total. The molecule has 0 bridgehead atoms. The summed E-state index contributed by atoms with van der Waals surface area (Å²) in [5.41, 5.74) is 1.37. The van der Waals surface area contributed by atoms with Gasteiger partial charge in [-0.05, 0) is 31.5 Å². The van der Waals surface area contributed by atoms with E-state index in [1.54, 1.807) is 10.9 Å². The maximum Gasteiger partial charge on any atom is 0.258 e. The zero-order valence-corrected chi connectivity index (χ0v) is 13.2. The van der Waals surface area contributed by atoms with Crippen molar-refractivity contribution in [2.75, 3.05) is 13.4 Å². The number of carbonyl (C=O) groups is 1. The number of amides is 1. The smallest absolute Gasteiger partial charge is 0.258 e. The summed E-state index contributed by atoms with van der Waals surface area (Å²) in [6.07, 6.45) is 1.69. The lowest BCUT2D eigenvalue weighted by atomic mass is 10.2. The normalized spacial score (nSPS) is 12.3. The van der Waals surface area contributed by atoms with Gasteiger partial charge in [0.1, 0.15) is 5.56 Å². The highest BCUT2D eigenvalue weighted by Crippen LogP contribution is 2.32. The van der Waals surface area contributed by atoms with E-state index in [1.807, 2.05) is 32.0 Å². The minimum atomic E-state index is -0.217. The van der Waals surface area contributed by atoms with Crippen molar-refractivity contribution >= 4 is 5.91 Å². The molecule has 1 aromatic carbocycles. The standard InChI is InChI=1S/C16H19N3O4/c1-3-19-9-12(16(18-19)21-4-2)15(20)17-8-11-5-6-13-14(7-11)23-10-22-13/h5-7,9H,3-4,8,10H2,1-2H3,(H,17,20). The topological polar surface area (TPSA) is 74.6 Å². The van der Waals surface area contributed by atoms with Gasteiger partial charge in [-0.25, -0.2) is 0 Å². The van der Waals surface area contributed by atoms with E-state index in [1.165, 1.54) is 0 Å². The molecule has 0 spiro atoms. The summed E-state index contributed by atoms with van der Waals surface area (Å²) in [7, 11) is 0. The van der Waals surface area contributed by atoms with Crippen LogP contribution in [0.2, 0.25) is 0 Å². The number of rotatable bonds is 6. The molecular weight excluding hydrogens is 298 g/mol. The molecule has 2 aromatic rings. The molecule has 2 heterocycles. The van der Waals surface area contributed by atoms with Crippen LogP contribution in [-0.2, 0) is 13.1 Å². The van der Waals surface area contributed by atoms with Crippen LogP contribution in [0, 0.1) is 0 Å². The van der Waals surface area contributed by atoms with Crippen molar-refractivity contribution in [2.45, 2.75) is 26.9 Å². The molecule has 1 aliphatic rings. The van der Waals surface area contributed by atoms with E-state index in [0.29, 0.717) is 36.9 Å². The zero-order chi connectivity index (χ0) is 16.2. The van der Waals surface area contributed by atoms with Crippen molar-refractivity contribution in [3.8, 4) is 17.4 Å². The molecule has 0 saturated carbocycles. The van der Waals surface area contributed by atoms with Crippen LogP contribution in [0.1, 0.15) is 29.8 Å². The van der Waals surface area contributed by atoms with Gasteiger partial charge in [0.2, 0.25) is 12.7 Å². The number of aromatic nitrogens is 2. The molecule has 23 heavy (non-hydrogen) atoms. The lowest BCUT2D eigenvalue weighted by Gasteiger charge is -2.06. The molecule has 122 valence electrons. The molecule has 1 N–H and O–H groups in total. The molecule has 1 aromatic heterocycles. The average Bonchev–Trinajstić information content (AvgIpc) is 3.18. The quantitative estimate of drug-likeness (QED) is 0.881. The minimum absolute atomic E-state index is 0.217. The van der Waals surface area contributed by atoms with Crippen LogP contribution in [-0.4, -0.2) is 29.1 Å². The number of carbonyl (C=O) groups excluding carboxylic acids is 1. The summed E-state index contributed by atoms with van der Waals surface area (Å²) in [5, 5.41) is 7.11. The van der Waals surface area contributed by atoms with E-state index < -0.39 is 0 Å². The van der Waals surface area contributed by atoms with Gasteiger partial charge in [0.25, 0.3) is 5.91 Å². The second kappa shape index (κ2) is 6.60. The minimum Gasteiger partial charge on any atom is -0.476 e. The summed E-state index contributed by atoms with van der Waals surface area (Å²) in [6, 6.07) is 5.60. The van der Waals surface area contributed by atoms with Gasteiger partial charge in [0.05, 0.1) is 6.61 Å². The van der Waals surface area contributed by atoms with E-state index in [0.717, 1.165) is 11.3 Å². The first kappa shape index (κ1) is 15.2. The number of aryl methyl sites for hydroxylation is 1. The van der Waals surface area contributed by atoms with Gasteiger partial charge in [-0.2, -0.15) is 0 Å². The van der Waals surface area contributed by atoms with Gasteiger partial charge < -0.3 is 19.5 Å². The van der Waals surface area contributed by atoms with E-state index in [-0.39, 0.29) is 12.7 Å². The van der Waals surface area contributed by atoms with Gasteiger partial charge in [0, 0.05) is 19.3 Å². The fraction of sp³-hybridized carbons (Fsp3) is 0.375. The number of ether oxygens (including phenoxy) is 3. The Balaban J connectivity index is 1.68. The summed E-state index contributed by atoms with van der Waals surface area (Å²) in [6.45, 7) is 5.58. The third kappa shape index (κ3) is 3.23. The summed E-state index contributed by atoms with van der Waals surface area (Å²) in [4.78, 5) is 12.4. The Kier molecular flexibility index (Phi) is 4.36. The number of benzene rings is 1. The molecule has 1 amide bonds. The van der Waals surface area contributed by atoms with Crippen molar-refractivity contribution in [3.05, 3.63) is 35.5 Å². The number of nitrogens with zero attached hydrogens (tertiary/aromatic N) is 2. The Bertz CT molecular complexity index is 711. The van der Waals surface area contributed by atoms with Crippen molar-refractivity contribution in [1.82, 2.24) is 15.1 Å². The molecule has 0 radical (unpaired) electrons. The molecule has 7 heteroatoms. The number of fused-ring (bicyclic) bond motifs is 1. The molecule has 0 aliphatic carbocycles. The number of hydrogen-bond acceptors (Lipinski definition) is 5. The predicted octanol–water partition coefficient (Wildman–Crippen LogP) is 1.96. The highest BCUT2D eigenvalue weighted by atomic mass is 16.7. The maximum atomic E-state index is 12.4. The largest absolute Gasteiger partial charge is 0.476 e. The van der Waals surface area contributed by atoms with Crippen LogP contribution >= 0.6 is 0 Å². The third-order valence-electron chi connectivity index (χ3n) is 3.47. The van der Waals surface area contributed by atoms with Crippen LogP contribution in [0.5, 0.6) is 17.4 Å².